The highest BCUT2D eigenvalue weighted by Gasteiger charge is 2.54. The fourth-order valence-corrected chi connectivity index (χ4v) is 7.99. The van der Waals surface area contributed by atoms with Gasteiger partial charge in [-0.25, -0.2) is 0 Å². The summed E-state index contributed by atoms with van der Waals surface area (Å²) in [7, 11) is 0. The first-order valence-corrected chi connectivity index (χ1v) is 10.0. The van der Waals surface area contributed by atoms with E-state index in [1.807, 2.05) is 0 Å². The van der Waals surface area contributed by atoms with Gasteiger partial charge in [0.2, 0.25) is 0 Å². The maximum absolute atomic E-state index is 4.89. The molecular formula is C20H28N2. The van der Waals surface area contributed by atoms with Crippen LogP contribution in [0, 0.1) is 47.3 Å². The summed E-state index contributed by atoms with van der Waals surface area (Å²) in [5.74, 6) is 7.76. The van der Waals surface area contributed by atoms with Crippen LogP contribution in [0.1, 0.15) is 64.2 Å². The molecule has 0 N–H and O–H groups in total. The fraction of sp³-hybridized carbons (Fsp3) is 0.900. The second-order valence-corrected chi connectivity index (χ2v) is 9.31. The number of fused-ring (bicyclic) bond motifs is 10. The summed E-state index contributed by atoms with van der Waals surface area (Å²) in [5, 5.41) is 9.77. The van der Waals surface area contributed by atoms with Crippen LogP contribution in [-0.4, -0.2) is 11.4 Å². The number of rotatable bonds is 1. The van der Waals surface area contributed by atoms with Crippen LogP contribution < -0.4 is 0 Å². The van der Waals surface area contributed by atoms with Gasteiger partial charge in [0.25, 0.3) is 0 Å². The lowest BCUT2D eigenvalue weighted by atomic mass is 9.80. The van der Waals surface area contributed by atoms with Gasteiger partial charge in [-0.2, -0.15) is 10.2 Å². The molecule has 0 amide bonds. The van der Waals surface area contributed by atoms with Gasteiger partial charge in [0, 0.05) is 23.3 Å². The lowest BCUT2D eigenvalue weighted by molar-refractivity contribution is 0.331. The van der Waals surface area contributed by atoms with Crippen molar-refractivity contribution in [3.05, 3.63) is 0 Å². The van der Waals surface area contributed by atoms with Crippen molar-refractivity contribution in [2.24, 2.45) is 57.5 Å². The van der Waals surface area contributed by atoms with Crippen molar-refractivity contribution >= 4 is 11.4 Å². The molecule has 22 heavy (non-hydrogen) atoms. The van der Waals surface area contributed by atoms with Gasteiger partial charge in [-0.1, -0.05) is 12.8 Å². The Kier molecular flexibility index (Phi) is 2.57. The highest BCUT2D eigenvalue weighted by molar-refractivity contribution is 5.93. The Bertz CT molecular complexity index is 512. The summed E-state index contributed by atoms with van der Waals surface area (Å²) in [6.45, 7) is 0. The molecule has 4 bridgehead atoms. The van der Waals surface area contributed by atoms with Crippen molar-refractivity contribution < 1.29 is 0 Å². The van der Waals surface area contributed by atoms with Gasteiger partial charge in [-0.3, -0.25) is 0 Å². The Morgan fingerprint density at radius 3 is 1.55 bits per heavy atom. The van der Waals surface area contributed by atoms with Gasteiger partial charge in [0.05, 0.1) is 0 Å². The Labute approximate surface area is 133 Å². The molecule has 8 atom stereocenters. The number of hydrogen-bond acceptors (Lipinski definition) is 2. The summed E-state index contributed by atoms with van der Waals surface area (Å²) in [4.78, 5) is 0. The quantitative estimate of drug-likeness (QED) is 0.627. The van der Waals surface area contributed by atoms with Crippen molar-refractivity contribution in [2.75, 3.05) is 0 Å². The summed E-state index contributed by atoms with van der Waals surface area (Å²) >= 11 is 0. The molecule has 0 unspecified atom stereocenters. The standard InChI is InChI=1S/C20H28N2/c1-3-13-11-7-17(15(13)5-1)19(9-11)21-22-20-10-12-8-18(20)16-6-2-4-14(12)16/h11-18H,1-10H2/b21-19-,22-20-/t11-,12-,13-,14+,15+,16-,17+,18+/m1/s1. The molecule has 0 heterocycles. The molecule has 0 aromatic heterocycles. The Morgan fingerprint density at radius 1 is 0.591 bits per heavy atom. The predicted octanol–water partition coefficient (Wildman–Crippen LogP) is 4.70. The van der Waals surface area contributed by atoms with E-state index in [4.69, 9.17) is 10.2 Å². The molecule has 6 fully saturated rings. The molecule has 0 saturated heterocycles. The molecule has 6 aliphatic carbocycles. The van der Waals surface area contributed by atoms with Gasteiger partial charge in [-0.05, 0) is 86.9 Å². The average molecular weight is 296 g/mol. The van der Waals surface area contributed by atoms with Crippen LogP contribution in [0.4, 0.5) is 0 Å². The maximum atomic E-state index is 4.89. The molecule has 0 aromatic carbocycles. The predicted molar refractivity (Wildman–Crippen MR) is 89.0 cm³/mol. The summed E-state index contributed by atoms with van der Waals surface area (Å²) in [5.41, 5.74) is 3.01. The minimum atomic E-state index is 0.833. The first kappa shape index (κ1) is 12.7. The molecule has 0 aromatic rings. The smallest absolute Gasteiger partial charge is 0.0442 e. The summed E-state index contributed by atoms with van der Waals surface area (Å²) in [6, 6.07) is 0. The van der Waals surface area contributed by atoms with Crippen LogP contribution in [-0.2, 0) is 0 Å². The molecule has 0 aliphatic heterocycles. The molecule has 6 saturated carbocycles. The van der Waals surface area contributed by atoms with E-state index in [-0.39, 0.29) is 0 Å². The van der Waals surface area contributed by atoms with Crippen LogP contribution in [0.2, 0.25) is 0 Å². The Morgan fingerprint density at radius 2 is 1.05 bits per heavy atom. The minimum absolute atomic E-state index is 0.833. The number of nitrogens with zero attached hydrogens (tertiary/aromatic N) is 2. The van der Waals surface area contributed by atoms with Gasteiger partial charge >= 0.3 is 0 Å². The van der Waals surface area contributed by atoms with E-state index in [2.05, 4.69) is 0 Å². The van der Waals surface area contributed by atoms with Crippen molar-refractivity contribution in [3.8, 4) is 0 Å². The highest BCUT2D eigenvalue weighted by Crippen LogP contribution is 2.59. The van der Waals surface area contributed by atoms with E-state index in [0.717, 1.165) is 47.3 Å². The van der Waals surface area contributed by atoms with Crippen LogP contribution in [0.5, 0.6) is 0 Å². The summed E-state index contributed by atoms with van der Waals surface area (Å²) in [6.07, 6.45) is 14.5. The van der Waals surface area contributed by atoms with E-state index in [9.17, 15) is 0 Å². The van der Waals surface area contributed by atoms with Crippen LogP contribution in [0.15, 0.2) is 10.2 Å². The summed E-state index contributed by atoms with van der Waals surface area (Å²) < 4.78 is 0. The number of hydrogen-bond donors (Lipinski definition) is 0. The zero-order chi connectivity index (χ0) is 14.3. The van der Waals surface area contributed by atoms with Gasteiger partial charge in [-0.15, -0.1) is 0 Å². The van der Waals surface area contributed by atoms with Crippen molar-refractivity contribution in [3.63, 3.8) is 0 Å². The second kappa shape index (κ2) is 4.45. The average Bonchev–Trinajstić information content (AvgIpc) is 3.33. The van der Waals surface area contributed by atoms with E-state index >= 15 is 0 Å². The molecule has 6 aliphatic rings. The van der Waals surface area contributed by atoms with Crippen LogP contribution in [0.3, 0.4) is 0 Å². The fourth-order valence-electron chi connectivity index (χ4n) is 7.99. The SMILES string of the molecule is C1C[C@@H]2[C@@H](C1)[C@H]1C/C(=N/N=C3/C[C@H]4C[C@H]3[C@H]3CCC[C@H]43)[C@H]2C1. The minimum Gasteiger partial charge on any atom is -0.160 e. The molecule has 0 radical (unpaired) electrons. The maximum Gasteiger partial charge on any atom is 0.0442 e. The lowest BCUT2D eigenvalue weighted by Crippen LogP contribution is -2.25. The zero-order valence-corrected chi connectivity index (χ0v) is 13.6. The monoisotopic (exact) mass is 296 g/mol. The second-order valence-electron chi connectivity index (χ2n) is 9.31. The Hall–Kier alpha value is -0.660. The molecule has 6 rings (SSSR count). The first-order valence-electron chi connectivity index (χ1n) is 10.0. The van der Waals surface area contributed by atoms with E-state index < -0.39 is 0 Å². The third-order valence-electron chi connectivity index (χ3n) is 8.71. The topological polar surface area (TPSA) is 24.7 Å². The third kappa shape index (κ3) is 1.57. The molecule has 2 nitrogen and oxygen atoms in total. The molecule has 118 valence electrons. The van der Waals surface area contributed by atoms with Crippen molar-refractivity contribution in [2.45, 2.75) is 64.2 Å². The largest absolute Gasteiger partial charge is 0.160 e. The lowest BCUT2D eigenvalue weighted by Gasteiger charge is -2.26. The highest BCUT2D eigenvalue weighted by atomic mass is 15.2. The van der Waals surface area contributed by atoms with E-state index in [0.29, 0.717) is 0 Å². The van der Waals surface area contributed by atoms with Crippen LogP contribution >= 0.6 is 0 Å². The zero-order valence-electron chi connectivity index (χ0n) is 13.6. The normalized spacial score (nSPS) is 58.2. The van der Waals surface area contributed by atoms with Gasteiger partial charge < -0.3 is 0 Å². The van der Waals surface area contributed by atoms with Crippen LogP contribution in [0.25, 0.3) is 0 Å². The molecule has 2 heteroatoms. The molecule has 0 spiro atoms. The van der Waals surface area contributed by atoms with Crippen molar-refractivity contribution in [1.29, 1.82) is 0 Å². The Balaban J connectivity index is 1.24. The first-order chi connectivity index (χ1) is 10.9. The van der Waals surface area contributed by atoms with E-state index in [1.165, 1.54) is 75.6 Å². The van der Waals surface area contributed by atoms with Gasteiger partial charge in [0.1, 0.15) is 0 Å². The molecular weight excluding hydrogens is 268 g/mol. The van der Waals surface area contributed by atoms with E-state index in [1.54, 1.807) is 0 Å². The van der Waals surface area contributed by atoms with Crippen molar-refractivity contribution in [1.82, 2.24) is 0 Å². The third-order valence-corrected chi connectivity index (χ3v) is 8.71. The van der Waals surface area contributed by atoms with Gasteiger partial charge in [0.15, 0.2) is 0 Å².